The maximum atomic E-state index is 12.5. The Morgan fingerprint density at radius 2 is 1.31 bits per heavy atom. The van der Waals surface area contributed by atoms with E-state index in [1.807, 2.05) is 54.6 Å². The van der Waals surface area contributed by atoms with Crippen LogP contribution < -0.4 is 10.6 Å². The van der Waals surface area contributed by atoms with Crippen molar-refractivity contribution in [2.24, 2.45) is 0 Å². The second kappa shape index (κ2) is 6.52. The quantitative estimate of drug-likeness (QED) is 0.680. The molecule has 0 saturated carbocycles. The van der Waals surface area contributed by atoms with Crippen LogP contribution in [0.5, 0.6) is 0 Å². The third kappa shape index (κ3) is 3.00. The molecule has 0 atom stereocenters. The van der Waals surface area contributed by atoms with Crippen LogP contribution in [0.2, 0.25) is 0 Å². The third-order valence-corrected chi connectivity index (χ3v) is 4.68. The first-order valence-electron chi connectivity index (χ1n) is 8.68. The fraction of sp³-hybridized carbons (Fsp3) is 0.0870. The predicted octanol–water partition coefficient (Wildman–Crippen LogP) is 5.02. The summed E-state index contributed by atoms with van der Waals surface area (Å²) in [4.78, 5) is 14.3. The molecule has 1 aliphatic rings. The van der Waals surface area contributed by atoms with Crippen LogP contribution in [-0.2, 0) is 4.79 Å². The fourth-order valence-corrected chi connectivity index (χ4v) is 3.23. The molecule has 0 fully saturated rings. The van der Waals surface area contributed by atoms with Gasteiger partial charge in [0.05, 0.1) is 5.70 Å². The highest BCUT2D eigenvalue weighted by Gasteiger charge is 2.26. The summed E-state index contributed by atoms with van der Waals surface area (Å²) >= 11 is 0. The van der Waals surface area contributed by atoms with Gasteiger partial charge in [0.2, 0.25) is 5.91 Å². The van der Waals surface area contributed by atoms with E-state index in [1.54, 1.807) is 4.90 Å². The topological polar surface area (TPSA) is 46.3 Å². The molecule has 0 radical (unpaired) electrons. The van der Waals surface area contributed by atoms with Crippen molar-refractivity contribution in [1.29, 1.82) is 0 Å². The van der Waals surface area contributed by atoms with Gasteiger partial charge in [0.1, 0.15) is 0 Å². The Balaban J connectivity index is 1.65. The lowest BCUT2D eigenvalue weighted by Gasteiger charge is -2.21. The standard InChI is InChI=1S/C23H20N2O/c1-16-2-4-19(5-3-16)22-14-15-23(26)25(22)21-12-8-18(9-13-21)17-6-10-20(24)11-7-17/h2-14H,15,24H2,1H3. The van der Waals surface area contributed by atoms with Crippen molar-refractivity contribution in [1.82, 2.24) is 0 Å². The molecule has 128 valence electrons. The molecule has 0 aliphatic carbocycles. The minimum Gasteiger partial charge on any atom is -0.399 e. The second-order valence-electron chi connectivity index (χ2n) is 6.56. The average molecular weight is 340 g/mol. The molecule has 3 aromatic carbocycles. The van der Waals surface area contributed by atoms with E-state index in [2.05, 4.69) is 31.2 Å². The zero-order valence-corrected chi connectivity index (χ0v) is 14.6. The van der Waals surface area contributed by atoms with E-state index >= 15 is 0 Å². The third-order valence-electron chi connectivity index (χ3n) is 4.68. The summed E-state index contributed by atoms with van der Waals surface area (Å²) in [7, 11) is 0. The smallest absolute Gasteiger partial charge is 0.235 e. The number of nitrogens with zero attached hydrogens (tertiary/aromatic N) is 1. The molecular formula is C23H20N2O. The number of rotatable bonds is 3. The lowest BCUT2D eigenvalue weighted by atomic mass is 10.0. The van der Waals surface area contributed by atoms with Crippen LogP contribution in [0.1, 0.15) is 17.5 Å². The van der Waals surface area contributed by atoms with Crippen molar-refractivity contribution in [3.8, 4) is 11.1 Å². The van der Waals surface area contributed by atoms with E-state index in [9.17, 15) is 4.79 Å². The van der Waals surface area contributed by atoms with Gasteiger partial charge in [0.25, 0.3) is 0 Å². The molecule has 1 heterocycles. The Morgan fingerprint density at radius 1 is 0.769 bits per heavy atom. The Morgan fingerprint density at radius 3 is 1.92 bits per heavy atom. The minimum absolute atomic E-state index is 0.0980. The molecule has 1 aliphatic heterocycles. The zero-order chi connectivity index (χ0) is 18.1. The van der Waals surface area contributed by atoms with Crippen molar-refractivity contribution in [2.45, 2.75) is 13.3 Å². The molecule has 3 heteroatoms. The minimum atomic E-state index is 0.0980. The number of benzene rings is 3. The largest absolute Gasteiger partial charge is 0.399 e. The number of nitrogen functional groups attached to an aromatic ring is 1. The number of amides is 1. The fourth-order valence-electron chi connectivity index (χ4n) is 3.23. The van der Waals surface area contributed by atoms with E-state index in [0.29, 0.717) is 6.42 Å². The monoisotopic (exact) mass is 340 g/mol. The molecule has 0 aromatic heterocycles. The Bertz CT molecular complexity index is 968. The van der Waals surface area contributed by atoms with Crippen LogP contribution in [0.15, 0.2) is 78.9 Å². The SMILES string of the molecule is Cc1ccc(C2=CCC(=O)N2c2ccc(-c3ccc(N)cc3)cc2)cc1. The summed E-state index contributed by atoms with van der Waals surface area (Å²) in [5, 5.41) is 0. The van der Waals surface area contributed by atoms with Gasteiger partial charge in [0.15, 0.2) is 0 Å². The lowest BCUT2D eigenvalue weighted by Crippen LogP contribution is -2.23. The van der Waals surface area contributed by atoms with Gasteiger partial charge in [-0.05, 0) is 47.9 Å². The highest BCUT2D eigenvalue weighted by molar-refractivity contribution is 6.10. The number of anilines is 2. The predicted molar refractivity (Wildman–Crippen MR) is 108 cm³/mol. The highest BCUT2D eigenvalue weighted by atomic mass is 16.2. The van der Waals surface area contributed by atoms with Crippen molar-refractivity contribution in [2.75, 3.05) is 10.6 Å². The molecule has 3 nitrogen and oxygen atoms in total. The van der Waals surface area contributed by atoms with Crippen molar-refractivity contribution >= 4 is 23.0 Å². The van der Waals surface area contributed by atoms with Crippen LogP contribution in [0.3, 0.4) is 0 Å². The molecule has 0 spiro atoms. The van der Waals surface area contributed by atoms with Crippen molar-refractivity contribution in [3.05, 3.63) is 90.0 Å². The van der Waals surface area contributed by atoms with Crippen LogP contribution >= 0.6 is 0 Å². The number of hydrogen-bond donors (Lipinski definition) is 1. The first-order valence-corrected chi connectivity index (χ1v) is 8.68. The molecule has 0 unspecified atom stereocenters. The van der Waals surface area contributed by atoms with E-state index in [1.165, 1.54) is 5.56 Å². The number of nitrogens with two attached hydrogens (primary N) is 1. The molecule has 3 aromatic rings. The number of aryl methyl sites for hydroxylation is 1. The van der Waals surface area contributed by atoms with Gasteiger partial charge in [-0.15, -0.1) is 0 Å². The number of hydrogen-bond acceptors (Lipinski definition) is 2. The van der Waals surface area contributed by atoms with Crippen LogP contribution in [-0.4, -0.2) is 5.91 Å². The summed E-state index contributed by atoms with van der Waals surface area (Å²) in [5.74, 6) is 0.0980. The van der Waals surface area contributed by atoms with Gasteiger partial charge in [-0.2, -0.15) is 0 Å². The first-order chi connectivity index (χ1) is 12.6. The summed E-state index contributed by atoms with van der Waals surface area (Å²) in [6, 6.07) is 24.1. The van der Waals surface area contributed by atoms with E-state index in [-0.39, 0.29) is 5.91 Å². The maximum absolute atomic E-state index is 12.5. The van der Waals surface area contributed by atoms with E-state index < -0.39 is 0 Å². The number of carbonyl (C=O) groups is 1. The van der Waals surface area contributed by atoms with Gasteiger partial charge >= 0.3 is 0 Å². The molecular weight excluding hydrogens is 320 g/mol. The van der Waals surface area contributed by atoms with Gasteiger partial charge in [-0.25, -0.2) is 0 Å². The summed E-state index contributed by atoms with van der Waals surface area (Å²) in [6.45, 7) is 2.06. The van der Waals surface area contributed by atoms with E-state index in [0.717, 1.165) is 33.8 Å². The van der Waals surface area contributed by atoms with Crippen LogP contribution in [0.25, 0.3) is 16.8 Å². The Labute approximate surface area is 153 Å². The van der Waals surface area contributed by atoms with Gasteiger partial charge in [-0.1, -0.05) is 60.2 Å². The Kier molecular flexibility index (Phi) is 4.05. The number of carbonyl (C=O) groups excluding carboxylic acids is 1. The van der Waals surface area contributed by atoms with Crippen LogP contribution in [0.4, 0.5) is 11.4 Å². The van der Waals surface area contributed by atoms with Gasteiger partial charge < -0.3 is 5.73 Å². The summed E-state index contributed by atoms with van der Waals surface area (Å²) in [6.07, 6.45) is 2.43. The lowest BCUT2D eigenvalue weighted by molar-refractivity contribution is -0.116. The van der Waals surface area contributed by atoms with Gasteiger partial charge in [-0.3, -0.25) is 9.69 Å². The average Bonchev–Trinajstić information content (AvgIpc) is 3.05. The summed E-state index contributed by atoms with van der Waals surface area (Å²) < 4.78 is 0. The Hall–Kier alpha value is -3.33. The first kappa shape index (κ1) is 16.2. The van der Waals surface area contributed by atoms with Crippen molar-refractivity contribution < 1.29 is 4.79 Å². The van der Waals surface area contributed by atoms with Gasteiger partial charge in [0, 0.05) is 17.8 Å². The van der Waals surface area contributed by atoms with E-state index in [4.69, 9.17) is 5.73 Å². The maximum Gasteiger partial charge on any atom is 0.235 e. The van der Waals surface area contributed by atoms with Crippen LogP contribution in [0, 0.1) is 6.92 Å². The normalized spacial score (nSPS) is 13.8. The zero-order valence-electron chi connectivity index (χ0n) is 14.6. The molecule has 4 rings (SSSR count). The second-order valence-corrected chi connectivity index (χ2v) is 6.56. The van der Waals surface area contributed by atoms with Crippen molar-refractivity contribution in [3.63, 3.8) is 0 Å². The molecule has 2 N–H and O–H groups in total. The highest BCUT2D eigenvalue weighted by Crippen LogP contribution is 2.33. The molecule has 0 bridgehead atoms. The molecule has 26 heavy (non-hydrogen) atoms. The molecule has 1 amide bonds. The summed E-state index contributed by atoms with van der Waals surface area (Å²) in [5.41, 5.74) is 12.8. The molecule has 0 saturated heterocycles.